The molecule has 6 nitrogen and oxygen atoms in total. The van der Waals surface area contributed by atoms with Crippen LogP contribution in [0.3, 0.4) is 0 Å². The Balaban J connectivity index is 2.62. The Hall–Kier alpha value is -1.92. The van der Waals surface area contributed by atoms with Gasteiger partial charge in [-0.1, -0.05) is 23.7 Å². The molecule has 166 valence electrons. The maximum Gasteiger partial charge on any atom is 0.317 e. The highest BCUT2D eigenvalue weighted by molar-refractivity contribution is 6.30. The minimum atomic E-state index is -1.69. The molecule has 1 aliphatic carbocycles. The molecule has 0 spiro atoms. The Bertz CT molecular complexity index is 814. The summed E-state index contributed by atoms with van der Waals surface area (Å²) < 4.78 is 11.1. The van der Waals surface area contributed by atoms with Gasteiger partial charge in [-0.3, -0.25) is 14.4 Å². The van der Waals surface area contributed by atoms with Crippen molar-refractivity contribution in [3.63, 3.8) is 0 Å². The van der Waals surface area contributed by atoms with Crippen molar-refractivity contribution >= 4 is 29.3 Å². The van der Waals surface area contributed by atoms with Gasteiger partial charge in [0, 0.05) is 17.4 Å². The van der Waals surface area contributed by atoms with Crippen LogP contribution >= 0.6 is 11.6 Å². The van der Waals surface area contributed by atoms with Gasteiger partial charge in [0.1, 0.15) is 17.1 Å². The van der Waals surface area contributed by atoms with Crippen molar-refractivity contribution < 1.29 is 29.0 Å². The maximum absolute atomic E-state index is 13.2. The Morgan fingerprint density at radius 1 is 1.00 bits per heavy atom. The quantitative estimate of drug-likeness (QED) is 0.565. The van der Waals surface area contributed by atoms with Gasteiger partial charge >= 0.3 is 11.9 Å². The fourth-order valence-corrected chi connectivity index (χ4v) is 3.96. The molecule has 30 heavy (non-hydrogen) atoms. The highest BCUT2D eigenvalue weighted by Gasteiger charge is 2.57. The van der Waals surface area contributed by atoms with E-state index in [2.05, 4.69) is 0 Å². The van der Waals surface area contributed by atoms with Crippen LogP contribution in [0.1, 0.15) is 66.4 Å². The standard InChI is InChI=1S/C23H31ClO6/c1-21(2,3)29-19(26)17-15(25)12-23(7,28)18(20(27)30-22(4,5)6)16(17)13-8-10-14(24)11-9-13/h8-11,16-18,28H,12H2,1-7H3/t16-,17+,18-,23-/m0/s1. The number of carbonyl (C=O) groups is 3. The number of esters is 2. The number of ether oxygens (including phenoxy) is 2. The fourth-order valence-electron chi connectivity index (χ4n) is 3.83. The van der Waals surface area contributed by atoms with Crippen molar-refractivity contribution in [2.75, 3.05) is 0 Å². The van der Waals surface area contributed by atoms with E-state index in [4.69, 9.17) is 21.1 Å². The molecule has 0 bridgehead atoms. The Morgan fingerprint density at radius 3 is 1.93 bits per heavy atom. The normalized spacial score (nSPS) is 27.5. The molecule has 0 saturated heterocycles. The first kappa shape index (κ1) is 24.4. The maximum atomic E-state index is 13.2. The summed E-state index contributed by atoms with van der Waals surface area (Å²) >= 11 is 6.01. The molecular weight excluding hydrogens is 408 g/mol. The molecule has 0 aromatic heterocycles. The summed E-state index contributed by atoms with van der Waals surface area (Å²) in [4.78, 5) is 39.2. The number of hydrogen-bond donors (Lipinski definition) is 1. The van der Waals surface area contributed by atoms with E-state index in [1.54, 1.807) is 65.8 Å². The molecule has 0 unspecified atom stereocenters. The highest BCUT2D eigenvalue weighted by atomic mass is 35.5. The van der Waals surface area contributed by atoms with Gasteiger partial charge in [-0.15, -0.1) is 0 Å². The lowest BCUT2D eigenvalue weighted by Gasteiger charge is -2.44. The predicted molar refractivity (Wildman–Crippen MR) is 113 cm³/mol. The van der Waals surface area contributed by atoms with Crippen LogP contribution in [-0.2, 0) is 23.9 Å². The van der Waals surface area contributed by atoms with Crippen molar-refractivity contribution in [1.82, 2.24) is 0 Å². The van der Waals surface area contributed by atoms with E-state index in [0.29, 0.717) is 10.6 Å². The van der Waals surface area contributed by atoms with Crippen LogP contribution in [0.2, 0.25) is 5.02 Å². The molecule has 1 aromatic carbocycles. The molecule has 4 atom stereocenters. The summed E-state index contributed by atoms with van der Waals surface area (Å²) in [7, 11) is 0. The molecule has 2 rings (SSSR count). The van der Waals surface area contributed by atoms with Crippen molar-refractivity contribution in [3.8, 4) is 0 Å². The predicted octanol–water partition coefficient (Wildman–Crippen LogP) is 4.06. The number of aliphatic hydroxyl groups is 1. The van der Waals surface area contributed by atoms with Crippen LogP contribution in [0.25, 0.3) is 0 Å². The second-order valence-electron chi connectivity index (χ2n) is 10.1. The second kappa shape index (κ2) is 8.31. The molecule has 1 aromatic rings. The zero-order chi connectivity index (χ0) is 23.1. The van der Waals surface area contributed by atoms with Crippen LogP contribution in [0.5, 0.6) is 0 Å². The van der Waals surface area contributed by atoms with Crippen molar-refractivity contribution in [3.05, 3.63) is 34.9 Å². The van der Waals surface area contributed by atoms with Crippen LogP contribution in [0.4, 0.5) is 0 Å². The van der Waals surface area contributed by atoms with E-state index < -0.39 is 52.3 Å². The number of benzene rings is 1. The third-order valence-corrected chi connectivity index (χ3v) is 5.10. The molecule has 1 aliphatic rings. The average Bonchev–Trinajstić information content (AvgIpc) is 2.50. The lowest BCUT2D eigenvalue weighted by Crippen LogP contribution is -2.56. The monoisotopic (exact) mass is 438 g/mol. The second-order valence-corrected chi connectivity index (χ2v) is 10.5. The lowest BCUT2D eigenvalue weighted by molar-refractivity contribution is -0.182. The van der Waals surface area contributed by atoms with Crippen molar-refractivity contribution in [1.29, 1.82) is 0 Å². The van der Waals surface area contributed by atoms with Crippen LogP contribution < -0.4 is 0 Å². The third kappa shape index (κ3) is 5.82. The van der Waals surface area contributed by atoms with E-state index in [0.717, 1.165) is 0 Å². The summed E-state index contributed by atoms with van der Waals surface area (Å²) in [5.41, 5.74) is -2.79. The first-order valence-corrected chi connectivity index (χ1v) is 10.4. The van der Waals surface area contributed by atoms with Crippen LogP contribution in [-0.4, -0.2) is 39.6 Å². The van der Waals surface area contributed by atoms with Crippen molar-refractivity contribution in [2.45, 2.75) is 77.6 Å². The molecule has 1 N–H and O–H groups in total. The number of halogens is 1. The first-order valence-electron chi connectivity index (χ1n) is 9.98. The van der Waals surface area contributed by atoms with Gasteiger partial charge in [0.25, 0.3) is 0 Å². The van der Waals surface area contributed by atoms with Gasteiger partial charge in [0.15, 0.2) is 5.78 Å². The van der Waals surface area contributed by atoms with E-state index in [9.17, 15) is 19.5 Å². The van der Waals surface area contributed by atoms with E-state index in [-0.39, 0.29) is 6.42 Å². The summed E-state index contributed by atoms with van der Waals surface area (Å²) in [6.07, 6.45) is -0.356. The number of Topliss-reactive ketones (excluding diaryl/α,β-unsaturated/α-hetero) is 1. The Labute approximate surface area is 182 Å². The highest BCUT2D eigenvalue weighted by Crippen LogP contribution is 2.47. The Kier molecular flexibility index (Phi) is 6.74. The lowest BCUT2D eigenvalue weighted by atomic mass is 9.61. The molecule has 0 heterocycles. The van der Waals surface area contributed by atoms with Gasteiger partial charge in [0.05, 0.1) is 11.5 Å². The molecule has 0 amide bonds. The van der Waals surface area contributed by atoms with Gasteiger partial charge in [-0.2, -0.15) is 0 Å². The molecule has 0 aliphatic heterocycles. The number of carbonyl (C=O) groups excluding carboxylic acids is 3. The Morgan fingerprint density at radius 2 is 1.47 bits per heavy atom. The molecule has 1 fully saturated rings. The third-order valence-electron chi connectivity index (χ3n) is 4.84. The molecule has 0 radical (unpaired) electrons. The van der Waals surface area contributed by atoms with Crippen LogP contribution in [0, 0.1) is 11.8 Å². The van der Waals surface area contributed by atoms with E-state index >= 15 is 0 Å². The van der Waals surface area contributed by atoms with Gasteiger partial charge in [-0.25, -0.2) is 0 Å². The van der Waals surface area contributed by atoms with Gasteiger partial charge in [-0.05, 0) is 66.2 Å². The van der Waals surface area contributed by atoms with Crippen molar-refractivity contribution in [2.24, 2.45) is 11.8 Å². The number of rotatable bonds is 3. The molecular formula is C23H31ClO6. The number of ketones is 1. The van der Waals surface area contributed by atoms with Gasteiger partial charge in [0.2, 0.25) is 0 Å². The molecule has 1 saturated carbocycles. The smallest absolute Gasteiger partial charge is 0.317 e. The summed E-state index contributed by atoms with van der Waals surface area (Å²) in [5, 5.41) is 11.6. The zero-order valence-corrected chi connectivity index (χ0v) is 19.4. The summed E-state index contributed by atoms with van der Waals surface area (Å²) in [6.45, 7) is 11.7. The summed E-state index contributed by atoms with van der Waals surface area (Å²) in [6, 6.07) is 6.53. The van der Waals surface area contributed by atoms with E-state index in [1.165, 1.54) is 6.92 Å². The molecule has 7 heteroatoms. The SMILES string of the molecule is CC(C)(C)OC(=O)[C@@H]1C(=O)C[C@](C)(O)[C@H](C(=O)OC(C)(C)C)[C@H]1c1ccc(Cl)cc1. The minimum absolute atomic E-state index is 0.356. The average molecular weight is 439 g/mol. The van der Waals surface area contributed by atoms with Crippen LogP contribution in [0.15, 0.2) is 24.3 Å². The van der Waals surface area contributed by atoms with Gasteiger partial charge < -0.3 is 14.6 Å². The zero-order valence-electron chi connectivity index (χ0n) is 18.6. The number of hydrogen-bond acceptors (Lipinski definition) is 6. The largest absolute Gasteiger partial charge is 0.460 e. The fraction of sp³-hybridized carbons (Fsp3) is 0.609. The topological polar surface area (TPSA) is 89.9 Å². The summed E-state index contributed by atoms with van der Waals surface area (Å²) in [5.74, 6) is -5.22. The first-order chi connectivity index (χ1) is 13.5. The minimum Gasteiger partial charge on any atom is -0.460 e. The van der Waals surface area contributed by atoms with E-state index in [1.807, 2.05) is 0 Å².